The number of amides is 2. The standard InChI is InChI=1S/C25H31N9O3/c1-3-28-25(35)30-17-7-5-6-16(12-17)19-20-22(18(13-29-19)36-14-15-8-10-27-11-9-15)34(4-2)24(31-20)21-23(26)33-37-32-21/h5-7,12-13,15,27H,3-4,8-11,14H2,1-2H3,(H2,26,33)(H2,28,30,35). The lowest BCUT2D eigenvalue weighted by atomic mass is 9.99. The van der Waals surface area contributed by atoms with Crippen LogP contribution in [0.4, 0.5) is 16.3 Å². The Balaban J connectivity index is 1.60. The second-order valence-corrected chi connectivity index (χ2v) is 8.92. The van der Waals surface area contributed by atoms with E-state index in [1.165, 1.54) is 0 Å². The Morgan fingerprint density at radius 1 is 1.24 bits per heavy atom. The van der Waals surface area contributed by atoms with Crippen LogP contribution in [0.2, 0.25) is 0 Å². The zero-order valence-corrected chi connectivity index (χ0v) is 21.0. The number of fused-ring (bicyclic) bond motifs is 1. The van der Waals surface area contributed by atoms with Gasteiger partial charge in [0.15, 0.2) is 23.1 Å². The minimum atomic E-state index is -0.272. The third-order valence-corrected chi connectivity index (χ3v) is 6.44. The van der Waals surface area contributed by atoms with E-state index in [0.717, 1.165) is 37.0 Å². The van der Waals surface area contributed by atoms with Gasteiger partial charge in [-0.05, 0) is 68.1 Å². The van der Waals surface area contributed by atoms with E-state index in [-0.39, 0.29) is 11.8 Å². The number of ether oxygens (including phenoxy) is 1. The van der Waals surface area contributed by atoms with Crippen LogP contribution in [0.5, 0.6) is 5.75 Å². The molecule has 0 bridgehead atoms. The number of hydrogen-bond donors (Lipinski definition) is 4. The second-order valence-electron chi connectivity index (χ2n) is 8.92. The monoisotopic (exact) mass is 505 g/mol. The van der Waals surface area contributed by atoms with Gasteiger partial charge < -0.3 is 31.0 Å². The van der Waals surface area contributed by atoms with Crippen LogP contribution < -0.4 is 26.4 Å². The number of hydrogen-bond acceptors (Lipinski definition) is 9. The number of aryl methyl sites for hydroxylation is 1. The van der Waals surface area contributed by atoms with Gasteiger partial charge in [0.2, 0.25) is 0 Å². The molecule has 0 saturated carbocycles. The lowest BCUT2D eigenvalue weighted by molar-refractivity contribution is 0.216. The van der Waals surface area contributed by atoms with E-state index >= 15 is 0 Å². The third-order valence-electron chi connectivity index (χ3n) is 6.44. The number of aromatic nitrogens is 5. The summed E-state index contributed by atoms with van der Waals surface area (Å²) in [6.45, 7) is 7.59. The summed E-state index contributed by atoms with van der Waals surface area (Å²) in [5.41, 5.74) is 9.91. The summed E-state index contributed by atoms with van der Waals surface area (Å²) in [4.78, 5) is 21.7. The fraction of sp³-hybridized carbons (Fsp3) is 0.400. The van der Waals surface area contributed by atoms with Crippen LogP contribution in [0.15, 0.2) is 35.1 Å². The zero-order valence-electron chi connectivity index (χ0n) is 21.0. The average Bonchev–Trinajstić information content (AvgIpc) is 3.51. The first kappa shape index (κ1) is 24.5. The van der Waals surface area contributed by atoms with Crippen LogP contribution >= 0.6 is 0 Å². The number of imidazole rings is 1. The van der Waals surface area contributed by atoms with Crippen molar-refractivity contribution in [3.8, 4) is 28.5 Å². The van der Waals surface area contributed by atoms with Gasteiger partial charge in [0.05, 0.1) is 18.5 Å². The van der Waals surface area contributed by atoms with Crippen molar-refractivity contribution in [3.05, 3.63) is 30.5 Å². The summed E-state index contributed by atoms with van der Waals surface area (Å²) >= 11 is 0. The first-order valence-electron chi connectivity index (χ1n) is 12.6. The van der Waals surface area contributed by atoms with Crippen LogP contribution in [0, 0.1) is 5.92 Å². The number of urea groups is 1. The van der Waals surface area contributed by atoms with Gasteiger partial charge in [-0.1, -0.05) is 12.1 Å². The maximum absolute atomic E-state index is 12.1. The molecule has 1 aliphatic rings. The predicted molar refractivity (Wildman–Crippen MR) is 140 cm³/mol. The maximum Gasteiger partial charge on any atom is 0.319 e. The Labute approximate surface area is 213 Å². The molecule has 194 valence electrons. The molecule has 0 atom stereocenters. The smallest absolute Gasteiger partial charge is 0.319 e. The van der Waals surface area contributed by atoms with Gasteiger partial charge >= 0.3 is 6.03 Å². The molecule has 1 saturated heterocycles. The van der Waals surface area contributed by atoms with Crippen LogP contribution in [0.3, 0.4) is 0 Å². The number of rotatable bonds is 8. The highest BCUT2D eigenvalue weighted by Gasteiger charge is 2.25. The highest BCUT2D eigenvalue weighted by atomic mass is 16.6. The molecule has 5 rings (SSSR count). The van der Waals surface area contributed by atoms with Crippen molar-refractivity contribution in [2.45, 2.75) is 33.2 Å². The van der Waals surface area contributed by atoms with Crippen LogP contribution in [0.1, 0.15) is 26.7 Å². The lowest BCUT2D eigenvalue weighted by Gasteiger charge is -2.23. The highest BCUT2D eigenvalue weighted by Crippen LogP contribution is 2.37. The number of piperidine rings is 1. The number of anilines is 2. The molecule has 2 amide bonds. The molecular weight excluding hydrogens is 474 g/mol. The summed E-state index contributed by atoms with van der Waals surface area (Å²) in [7, 11) is 0. The molecule has 1 aromatic carbocycles. The molecule has 0 aliphatic carbocycles. The van der Waals surface area contributed by atoms with E-state index in [2.05, 4.69) is 26.3 Å². The molecule has 1 fully saturated rings. The Kier molecular flexibility index (Phi) is 7.17. The number of nitrogens with two attached hydrogens (primary N) is 1. The van der Waals surface area contributed by atoms with Gasteiger partial charge in [-0.25, -0.2) is 19.4 Å². The van der Waals surface area contributed by atoms with Crippen molar-refractivity contribution in [1.82, 2.24) is 35.5 Å². The quantitative estimate of drug-likeness (QED) is 0.282. The topological polar surface area (TPSA) is 158 Å². The lowest BCUT2D eigenvalue weighted by Crippen LogP contribution is -2.30. The Bertz CT molecular complexity index is 1390. The van der Waals surface area contributed by atoms with Crippen LogP contribution in [-0.2, 0) is 6.54 Å². The average molecular weight is 506 g/mol. The van der Waals surface area contributed by atoms with Crippen molar-refractivity contribution < 1.29 is 14.2 Å². The first-order valence-corrected chi connectivity index (χ1v) is 12.6. The number of nitrogen functional groups attached to an aromatic ring is 1. The minimum Gasteiger partial charge on any atom is -0.489 e. The zero-order chi connectivity index (χ0) is 25.8. The summed E-state index contributed by atoms with van der Waals surface area (Å²) in [6.07, 6.45) is 3.88. The molecule has 12 heteroatoms. The maximum atomic E-state index is 12.1. The SMILES string of the molecule is CCNC(=O)Nc1cccc(-c2ncc(OCC3CCNCC3)c3c2nc(-c2nonc2N)n3CC)c1. The molecule has 0 spiro atoms. The molecule has 3 aromatic heterocycles. The van der Waals surface area contributed by atoms with E-state index in [4.69, 9.17) is 25.1 Å². The molecule has 0 unspecified atom stereocenters. The third kappa shape index (κ3) is 5.05. The number of benzene rings is 1. The van der Waals surface area contributed by atoms with E-state index in [1.807, 2.05) is 42.7 Å². The number of nitrogens with zero attached hydrogens (tertiary/aromatic N) is 5. The van der Waals surface area contributed by atoms with Crippen molar-refractivity contribution in [1.29, 1.82) is 0 Å². The van der Waals surface area contributed by atoms with Gasteiger partial charge in [-0.2, -0.15) is 0 Å². The van der Waals surface area contributed by atoms with Gasteiger partial charge in [-0.3, -0.25) is 0 Å². The van der Waals surface area contributed by atoms with Gasteiger partial charge in [0, 0.05) is 24.3 Å². The molecule has 4 heterocycles. The molecule has 0 radical (unpaired) electrons. The van der Waals surface area contributed by atoms with E-state index in [9.17, 15) is 4.79 Å². The normalized spacial score (nSPS) is 14.1. The van der Waals surface area contributed by atoms with Gasteiger partial charge in [0.25, 0.3) is 0 Å². The fourth-order valence-corrected chi connectivity index (χ4v) is 4.61. The minimum absolute atomic E-state index is 0.157. The van der Waals surface area contributed by atoms with Crippen molar-refractivity contribution in [3.63, 3.8) is 0 Å². The summed E-state index contributed by atoms with van der Waals surface area (Å²) < 4.78 is 13.2. The molecule has 1 aliphatic heterocycles. The largest absolute Gasteiger partial charge is 0.489 e. The summed E-state index contributed by atoms with van der Waals surface area (Å²) in [5.74, 6) is 1.80. The Morgan fingerprint density at radius 3 is 2.81 bits per heavy atom. The first-order chi connectivity index (χ1) is 18.1. The number of nitrogens with one attached hydrogen (secondary N) is 3. The van der Waals surface area contributed by atoms with Crippen molar-refractivity contribution in [2.24, 2.45) is 5.92 Å². The summed E-state index contributed by atoms with van der Waals surface area (Å²) in [6, 6.07) is 7.21. The molecule has 5 N–H and O–H groups in total. The van der Waals surface area contributed by atoms with Gasteiger partial charge in [-0.15, -0.1) is 0 Å². The van der Waals surface area contributed by atoms with Crippen molar-refractivity contribution in [2.75, 3.05) is 37.3 Å². The highest BCUT2D eigenvalue weighted by molar-refractivity contribution is 5.97. The summed E-state index contributed by atoms with van der Waals surface area (Å²) in [5, 5.41) is 16.7. The molecular formula is C25H31N9O3. The van der Waals surface area contributed by atoms with Crippen molar-refractivity contribution >= 4 is 28.6 Å². The van der Waals surface area contributed by atoms with Crippen LogP contribution in [-0.4, -0.2) is 57.1 Å². The number of carbonyl (C=O) groups is 1. The van der Waals surface area contributed by atoms with E-state index in [0.29, 0.717) is 59.8 Å². The van der Waals surface area contributed by atoms with E-state index < -0.39 is 0 Å². The fourth-order valence-electron chi connectivity index (χ4n) is 4.61. The molecule has 4 aromatic rings. The molecule has 12 nitrogen and oxygen atoms in total. The second kappa shape index (κ2) is 10.8. The Morgan fingerprint density at radius 2 is 2.08 bits per heavy atom. The molecule has 37 heavy (non-hydrogen) atoms. The Hall–Kier alpha value is -4.19. The van der Waals surface area contributed by atoms with Gasteiger partial charge in [0.1, 0.15) is 11.0 Å². The van der Waals surface area contributed by atoms with Crippen LogP contribution in [0.25, 0.3) is 33.8 Å². The number of carbonyl (C=O) groups excluding carboxylic acids is 1. The van der Waals surface area contributed by atoms with E-state index in [1.54, 1.807) is 6.20 Å². The number of pyridine rings is 1. The predicted octanol–water partition coefficient (Wildman–Crippen LogP) is 3.27.